The summed E-state index contributed by atoms with van der Waals surface area (Å²) in [5, 5.41) is 15.2. The summed E-state index contributed by atoms with van der Waals surface area (Å²) in [5.74, 6) is 0.240. The zero-order valence-electron chi connectivity index (χ0n) is 14.0. The molecule has 7 heteroatoms. The molecule has 0 aliphatic heterocycles. The minimum absolute atomic E-state index is 0.233. The molecule has 0 saturated heterocycles. The largest absolute Gasteiger partial charge is 0.393 e. The molecule has 1 aromatic carbocycles. The predicted molar refractivity (Wildman–Crippen MR) is 112 cm³/mol. The van der Waals surface area contributed by atoms with E-state index in [1.807, 2.05) is 24.3 Å². The number of amides is 1. The number of hydrogen-bond donors (Lipinski definition) is 3. The number of halogens is 1. The van der Waals surface area contributed by atoms with Crippen LogP contribution in [0.4, 0.5) is 5.82 Å². The van der Waals surface area contributed by atoms with Gasteiger partial charge in [-0.05, 0) is 57.8 Å². The van der Waals surface area contributed by atoms with Crippen LogP contribution >= 0.6 is 22.6 Å². The van der Waals surface area contributed by atoms with Gasteiger partial charge in [-0.3, -0.25) is 9.78 Å². The van der Waals surface area contributed by atoms with Crippen LogP contribution in [0.5, 0.6) is 0 Å². The molecule has 3 aromatic rings. The van der Waals surface area contributed by atoms with Gasteiger partial charge >= 0.3 is 0 Å². The van der Waals surface area contributed by atoms with Gasteiger partial charge in [0.1, 0.15) is 9.52 Å². The smallest absolute Gasteiger partial charge is 0.256 e. The summed E-state index contributed by atoms with van der Waals surface area (Å²) in [7, 11) is 1.79. The van der Waals surface area contributed by atoms with Gasteiger partial charge in [0.05, 0.1) is 0 Å². The number of fused-ring (bicyclic) bond motifs is 1. The zero-order chi connectivity index (χ0) is 18.5. The van der Waals surface area contributed by atoms with Crippen LogP contribution in [0.15, 0.2) is 55.0 Å². The lowest BCUT2D eigenvalue weighted by Crippen LogP contribution is -2.13. The lowest BCUT2D eigenvalue weighted by molar-refractivity contribution is 0.102. The van der Waals surface area contributed by atoms with Crippen molar-refractivity contribution in [3.63, 3.8) is 0 Å². The number of carbonyl (C=O) groups is 1. The first kappa shape index (κ1) is 18.0. The first-order valence-electron chi connectivity index (χ1n) is 7.81. The van der Waals surface area contributed by atoms with Crippen LogP contribution in [0.2, 0.25) is 0 Å². The maximum Gasteiger partial charge on any atom is 0.256 e. The highest BCUT2D eigenvalue weighted by Crippen LogP contribution is 2.22. The number of pyridine rings is 2. The van der Waals surface area contributed by atoms with Crippen LogP contribution in [0.1, 0.15) is 15.9 Å². The molecule has 6 nitrogen and oxygen atoms in total. The van der Waals surface area contributed by atoms with Gasteiger partial charge in [0, 0.05) is 48.4 Å². The molecule has 0 aliphatic carbocycles. The van der Waals surface area contributed by atoms with E-state index in [4.69, 9.17) is 5.41 Å². The maximum absolute atomic E-state index is 12.4. The normalized spacial score (nSPS) is 11.2. The predicted octanol–water partition coefficient (Wildman–Crippen LogP) is 3.70. The fraction of sp³-hybridized carbons (Fsp3) is 0.0526. The topological polar surface area (TPSA) is 90.8 Å². The number of benzene rings is 1. The average Bonchev–Trinajstić information content (AvgIpc) is 2.65. The van der Waals surface area contributed by atoms with Gasteiger partial charge in [0.25, 0.3) is 5.91 Å². The Labute approximate surface area is 164 Å². The number of hydrogen-bond acceptors (Lipinski definition) is 5. The molecule has 0 unspecified atom stereocenters. The Morgan fingerprint density at radius 3 is 2.69 bits per heavy atom. The van der Waals surface area contributed by atoms with Crippen LogP contribution in [0.25, 0.3) is 16.3 Å². The van der Waals surface area contributed by atoms with E-state index in [9.17, 15) is 4.79 Å². The van der Waals surface area contributed by atoms with Gasteiger partial charge in [0.15, 0.2) is 0 Å². The summed E-state index contributed by atoms with van der Waals surface area (Å²) in [5.41, 5.74) is 2.21. The molecule has 3 rings (SSSR count). The second-order valence-corrected chi connectivity index (χ2v) is 6.59. The fourth-order valence-corrected chi connectivity index (χ4v) is 2.98. The number of nitrogens with zero attached hydrogens (tertiary/aromatic N) is 2. The molecule has 1 amide bonds. The van der Waals surface area contributed by atoms with E-state index in [2.05, 4.69) is 43.2 Å². The van der Waals surface area contributed by atoms with Crippen molar-refractivity contribution in [2.45, 2.75) is 0 Å². The Morgan fingerprint density at radius 2 is 1.96 bits per heavy atom. The van der Waals surface area contributed by atoms with Crippen molar-refractivity contribution >= 4 is 56.9 Å². The Bertz CT molecular complexity index is 1020. The molecular weight excluding hydrogens is 441 g/mol. The standard InChI is InChI=1S/C19H16IN5O/c1-22-10-16(9-21)12-2-3-14-11-24-18(8-15(14)6-12)25-19(26)13-4-5-23-17(20)7-13/h2-11,21-22H,1H3,(H,24,25,26)/b16-10+,21-9?. The molecule has 0 spiro atoms. The number of nitrogens with one attached hydrogen (secondary N) is 3. The highest BCUT2D eigenvalue weighted by molar-refractivity contribution is 14.1. The maximum atomic E-state index is 12.4. The van der Waals surface area contributed by atoms with Gasteiger partial charge in [-0.25, -0.2) is 4.98 Å². The first-order valence-corrected chi connectivity index (χ1v) is 8.89. The van der Waals surface area contributed by atoms with Crippen molar-refractivity contribution in [3.8, 4) is 0 Å². The Kier molecular flexibility index (Phi) is 5.57. The Hall–Kier alpha value is -2.81. The van der Waals surface area contributed by atoms with Crippen LogP contribution in [-0.4, -0.2) is 29.1 Å². The minimum atomic E-state index is -0.233. The summed E-state index contributed by atoms with van der Waals surface area (Å²) in [6.45, 7) is 0. The number of anilines is 1. The van der Waals surface area contributed by atoms with Gasteiger partial charge in [0.2, 0.25) is 0 Å². The van der Waals surface area contributed by atoms with E-state index in [1.54, 1.807) is 37.8 Å². The number of allylic oxidation sites excluding steroid dienone is 1. The summed E-state index contributed by atoms with van der Waals surface area (Å²) in [4.78, 5) is 20.8. The molecular formula is C19H16IN5O. The molecule has 0 saturated carbocycles. The summed E-state index contributed by atoms with van der Waals surface area (Å²) < 4.78 is 0.752. The second kappa shape index (κ2) is 8.05. The number of aromatic nitrogens is 2. The minimum Gasteiger partial charge on any atom is -0.393 e. The van der Waals surface area contributed by atoms with Gasteiger partial charge in [-0.2, -0.15) is 0 Å². The summed E-state index contributed by atoms with van der Waals surface area (Å²) in [6, 6.07) is 11.1. The van der Waals surface area contributed by atoms with Crippen LogP contribution in [0, 0.1) is 9.11 Å². The lowest BCUT2D eigenvalue weighted by Gasteiger charge is -2.08. The van der Waals surface area contributed by atoms with Gasteiger partial charge in [-0.15, -0.1) is 0 Å². The first-order chi connectivity index (χ1) is 12.6. The third-order valence-corrected chi connectivity index (χ3v) is 4.33. The molecule has 0 fully saturated rings. The molecule has 0 atom stereocenters. The van der Waals surface area contributed by atoms with Gasteiger partial charge < -0.3 is 16.0 Å². The van der Waals surface area contributed by atoms with E-state index >= 15 is 0 Å². The monoisotopic (exact) mass is 457 g/mol. The van der Waals surface area contributed by atoms with Crippen molar-refractivity contribution in [2.75, 3.05) is 12.4 Å². The third-order valence-electron chi connectivity index (χ3n) is 3.74. The van der Waals surface area contributed by atoms with Crippen molar-refractivity contribution in [2.24, 2.45) is 0 Å². The van der Waals surface area contributed by atoms with Crippen LogP contribution in [0.3, 0.4) is 0 Å². The average molecular weight is 457 g/mol. The lowest BCUT2D eigenvalue weighted by atomic mass is 10.0. The second-order valence-electron chi connectivity index (χ2n) is 5.49. The molecule has 0 aliphatic rings. The third kappa shape index (κ3) is 4.05. The van der Waals surface area contributed by atoms with E-state index in [0.717, 1.165) is 25.6 Å². The van der Waals surface area contributed by atoms with Crippen LogP contribution < -0.4 is 10.6 Å². The molecule has 2 heterocycles. The summed E-state index contributed by atoms with van der Waals surface area (Å²) >= 11 is 2.07. The van der Waals surface area contributed by atoms with Gasteiger partial charge in [-0.1, -0.05) is 12.1 Å². The zero-order valence-corrected chi connectivity index (χ0v) is 16.1. The van der Waals surface area contributed by atoms with Crippen molar-refractivity contribution < 1.29 is 4.79 Å². The van der Waals surface area contributed by atoms with Crippen molar-refractivity contribution in [1.29, 1.82) is 5.41 Å². The molecule has 0 bridgehead atoms. The number of carbonyl (C=O) groups excluding carboxylic acids is 1. The van der Waals surface area contributed by atoms with E-state index in [0.29, 0.717) is 11.4 Å². The SMILES string of the molecule is CN/C=C(\C=N)c1ccc2cnc(NC(=O)c3ccnc(I)c3)cc2c1. The van der Waals surface area contributed by atoms with Crippen molar-refractivity contribution in [3.05, 3.63) is 69.8 Å². The quantitative estimate of drug-likeness (QED) is 0.310. The molecule has 26 heavy (non-hydrogen) atoms. The Morgan fingerprint density at radius 1 is 1.12 bits per heavy atom. The molecule has 0 radical (unpaired) electrons. The number of rotatable bonds is 5. The molecule has 3 N–H and O–H groups in total. The van der Waals surface area contributed by atoms with E-state index in [1.165, 1.54) is 6.21 Å². The highest BCUT2D eigenvalue weighted by atomic mass is 127. The Balaban J connectivity index is 1.91. The summed E-state index contributed by atoms with van der Waals surface area (Å²) in [6.07, 6.45) is 6.39. The van der Waals surface area contributed by atoms with Crippen LogP contribution in [-0.2, 0) is 0 Å². The van der Waals surface area contributed by atoms with Crippen molar-refractivity contribution in [1.82, 2.24) is 15.3 Å². The van der Waals surface area contributed by atoms with E-state index < -0.39 is 0 Å². The fourth-order valence-electron chi connectivity index (χ4n) is 2.48. The van der Waals surface area contributed by atoms with E-state index in [-0.39, 0.29) is 5.91 Å². The molecule has 130 valence electrons. The molecule has 2 aromatic heterocycles. The highest BCUT2D eigenvalue weighted by Gasteiger charge is 2.09.